The Balaban J connectivity index is 0.00000192. The number of sulfonamides is 1. The second-order valence-electron chi connectivity index (χ2n) is 5.67. The Kier molecular flexibility index (Phi) is 5.24. The molecule has 1 N–H and O–H groups in total. The highest BCUT2D eigenvalue weighted by Crippen LogP contribution is 2.29. The van der Waals surface area contributed by atoms with E-state index in [4.69, 9.17) is 0 Å². The van der Waals surface area contributed by atoms with Crippen LogP contribution in [0.15, 0.2) is 23.2 Å². The second-order valence-corrected chi connectivity index (χ2v) is 7.60. The molecule has 130 valence electrons. The molecule has 2 aliphatic heterocycles. The summed E-state index contributed by atoms with van der Waals surface area (Å²) in [6.07, 6.45) is -1.12. The van der Waals surface area contributed by atoms with Crippen LogP contribution < -0.4 is 5.32 Å². The van der Waals surface area contributed by atoms with Crippen molar-refractivity contribution in [1.29, 1.82) is 0 Å². The average molecular weight is 372 g/mol. The lowest BCUT2D eigenvalue weighted by atomic mass is 10.1. The molecule has 0 aromatic carbocycles. The van der Waals surface area contributed by atoms with Gasteiger partial charge >= 0.3 is 6.18 Å². The number of rotatable bonds is 2. The van der Waals surface area contributed by atoms with Crippen LogP contribution in [0, 0.1) is 0 Å². The number of hydrogen-bond donors (Lipinski definition) is 1. The van der Waals surface area contributed by atoms with Gasteiger partial charge in [0, 0.05) is 31.4 Å². The third-order valence-electron chi connectivity index (χ3n) is 4.15. The van der Waals surface area contributed by atoms with Crippen LogP contribution in [0.1, 0.15) is 25.0 Å². The van der Waals surface area contributed by atoms with E-state index in [1.165, 1.54) is 4.31 Å². The van der Waals surface area contributed by atoms with E-state index in [0.29, 0.717) is 31.6 Å². The van der Waals surface area contributed by atoms with E-state index < -0.39 is 21.9 Å². The van der Waals surface area contributed by atoms with Crippen LogP contribution in [0.25, 0.3) is 0 Å². The van der Waals surface area contributed by atoms with Crippen molar-refractivity contribution in [3.63, 3.8) is 0 Å². The van der Waals surface area contributed by atoms with E-state index in [1.807, 2.05) is 0 Å². The molecular weight excluding hydrogens is 355 g/mol. The fraction of sp³-hybridized carbons (Fsp3) is 0.615. The van der Waals surface area contributed by atoms with Gasteiger partial charge in [0.2, 0.25) is 10.0 Å². The molecule has 2 saturated heterocycles. The van der Waals surface area contributed by atoms with Gasteiger partial charge in [-0.3, -0.25) is 4.98 Å². The lowest BCUT2D eigenvalue weighted by Gasteiger charge is -2.23. The molecule has 10 heteroatoms. The van der Waals surface area contributed by atoms with Gasteiger partial charge in [-0.2, -0.15) is 17.5 Å². The number of halogens is 4. The predicted molar refractivity (Wildman–Crippen MR) is 79.8 cm³/mol. The van der Waals surface area contributed by atoms with Crippen molar-refractivity contribution in [3.05, 3.63) is 24.0 Å². The van der Waals surface area contributed by atoms with Crippen LogP contribution >= 0.6 is 12.4 Å². The number of aromatic nitrogens is 1. The minimum absolute atomic E-state index is 0. The van der Waals surface area contributed by atoms with E-state index in [1.54, 1.807) is 0 Å². The van der Waals surface area contributed by atoms with Gasteiger partial charge in [-0.15, -0.1) is 12.4 Å². The van der Waals surface area contributed by atoms with Crippen LogP contribution in [0.4, 0.5) is 13.2 Å². The topological polar surface area (TPSA) is 62.3 Å². The van der Waals surface area contributed by atoms with Gasteiger partial charge in [0.25, 0.3) is 0 Å². The van der Waals surface area contributed by atoms with E-state index in [0.717, 1.165) is 25.1 Å². The van der Waals surface area contributed by atoms with E-state index >= 15 is 0 Å². The van der Waals surface area contributed by atoms with Gasteiger partial charge in [0.15, 0.2) is 0 Å². The molecule has 2 fully saturated rings. The maximum absolute atomic E-state index is 12.6. The SMILES string of the molecule is Cl.O=S(=O)(c1ccc(C(F)(F)F)nc1)N1CCC2CCC(C1)N2. The summed E-state index contributed by atoms with van der Waals surface area (Å²) in [6.45, 7) is 0.720. The molecule has 3 rings (SSSR count). The fourth-order valence-electron chi connectivity index (χ4n) is 2.98. The van der Waals surface area contributed by atoms with Crippen LogP contribution in [-0.4, -0.2) is 42.9 Å². The minimum Gasteiger partial charge on any atom is -0.310 e. The Hall–Kier alpha value is -0.900. The summed E-state index contributed by atoms with van der Waals surface area (Å²) in [5.74, 6) is 0. The second kappa shape index (κ2) is 6.54. The zero-order chi connectivity index (χ0) is 16.0. The number of nitrogens with zero attached hydrogens (tertiary/aromatic N) is 2. The molecule has 0 aliphatic carbocycles. The molecule has 0 spiro atoms. The van der Waals surface area contributed by atoms with Gasteiger partial charge in [-0.25, -0.2) is 8.42 Å². The fourth-order valence-corrected chi connectivity index (χ4v) is 4.42. The van der Waals surface area contributed by atoms with Crippen LogP contribution in [-0.2, 0) is 16.2 Å². The van der Waals surface area contributed by atoms with Gasteiger partial charge in [-0.1, -0.05) is 0 Å². The first kappa shape index (κ1) is 18.4. The Morgan fingerprint density at radius 3 is 2.48 bits per heavy atom. The molecule has 0 amide bonds. The summed E-state index contributed by atoms with van der Waals surface area (Å²) in [6, 6.07) is 2.12. The first-order chi connectivity index (χ1) is 10.3. The van der Waals surface area contributed by atoms with Crippen molar-refractivity contribution in [1.82, 2.24) is 14.6 Å². The van der Waals surface area contributed by atoms with E-state index in [9.17, 15) is 21.6 Å². The molecule has 2 bridgehead atoms. The molecule has 2 aliphatic rings. The van der Waals surface area contributed by atoms with Crippen molar-refractivity contribution in [3.8, 4) is 0 Å². The normalized spacial score (nSPS) is 25.7. The first-order valence-corrected chi connectivity index (χ1v) is 8.50. The summed E-state index contributed by atoms with van der Waals surface area (Å²) in [7, 11) is -3.81. The first-order valence-electron chi connectivity index (χ1n) is 7.06. The van der Waals surface area contributed by atoms with Crippen LogP contribution in [0.2, 0.25) is 0 Å². The molecule has 0 saturated carbocycles. The maximum atomic E-state index is 12.6. The van der Waals surface area contributed by atoms with Gasteiger partial charge in [-0.05, 0) is 31.4 Å². The van der Waals surface area contributed by atoms with Crippen molar-refractivity contribution in [2.45, 2.75) is 42.4 Å². The molecule has 5 nitrogen and oxygen atoms in total. The molecule has 23 heavy (non-hydrogen) atoms. The average Bonchev–Trinajstić information content (AvgIpc) is 2.77. The largest absolute Gasteiger partial charge is 0.433 e. The smallest absolute Gasteiger partial charge is 0.310 e. The van der Waals surface area contributed by atoms with Crippen molar-refractivity contribution < 1.29 is 21.6 Å². The molecule has 2 unspecified atom stereocenters. The number of fused-ring (bicyclic) bond motifs is 2. The molecular formula is C13H17ClF3N3O2S. The summed E-state index contributed by atoms with van der Waals surface area (Å²) >= 11 is 0. The Labute approximate surface area is 138 Å². The summed E-state index contributed by atoms with van der Waals surface area (Å²) in [5, 5.41) is 3.36. The molecule has 1 aromatic heterocycles. The van der Waals surface area contributed by atoms with Gasteiger partial charge in [0.1, 0.15) is 10.6 Å². The Morgan fingerprint density at radius 1 is 1.17 bits per heavy atom. The third kappa shape index (κ3) is 3.78. The highest BCUT2D eigenvalue weighted by atomic mass is 35.5. The molecule has 1 aromatic rings. The monoisotopic (exact) mass is 371 g/mol. The highest BCUT2D eigenvalue weighted by molar-refractivity contribution is 7.89. The quantitative estimate of drug-likeness (QED) is 0.864. The summed E-state index contributed by atoms with van der Waals surface area (Å²) in [4.78, 5) is 3.04. The molecule has 3 heterocycles. The predicted octanol–water partition coefficient (Wildman–Crippen LogP) is 2.04. The van der Waals surface area contributed by atoms with Crippen LogP contribution in [0.3, 0.4) is 0 Å². The van der Waals surface area contributed by atoms with Crippen molar-refractivity contribution >= 4 is 22.4 Å². The zero-order valence-electron chi connectivity index (χ0n) is 12.1. The Bertz CT molecular complexity index is 651. The van der Waals surface area contributed by atoms with E-state index in [-0.39, 0.29) is 23.3 Å². The number of alkyl halides is 3. The van der Waals surface area contributed by atoms with Gasteiger partial charge < -0.3 is 5.32 Å². The molecule has 2 atom stereocenters. The lowest BCUT2D eigenvalue weighted by molar-refractivity contribution is -0.141. The number of hydrogen-bond acceptors (Lipinski definition) is 4. The van der Waals surface area contributed by atoms with Gasteiger partial charge in [0.05, 0.1) is 0 Å². The zero-order valence-corrected chi connectivity index (χ0v) is 13.7. The standard InChI is InChI=1S/C13H16F3N3O2S.ClH/c14-13(15,16)12-4-3-11(7-17-12)22(20,21)19-6-5-9-1-2-10(8-19)18-9;/h3-4,7,9-10,18H,1-2,5-6,8H2;1H. The number of pyridine rings is 1. The summed E-state index contributed by atoms with van der Waals surface area (Å²) < 4.78 is 63.9. The lowest BCUT2D eigenvalue weighted by Crippen LogP contribution is -2.39. The number of nitrogens with one attached hydrogen (secondary N) is 1. The summed E-state index contributed by atoms with van der Waals surface area (Å²) in [5.41, 5.74) is -1.09. The third-order valence-corrected chi connectivity index (χ3v) is 6.00. The Morgan fingerprint density at radius 2 is 1.87 bits per heavy atom. The highest BCUT2D eigenvalue weighted by Gasteiger charge is 2.36. The van der Waals surface area contributed by atoms with Crippen molar-refractivity contribution in [2.24, 2.45) is 0 Å². The minimum atomic E-state index is -4.58. The van der Waals surface area contributed by atoms with Crippen LogP contribution in [0.5, 0.6) is 0 Å². The molecule has 0 radical (unpaired) electrons. The van der Waals surface area contributed by atoms with E-state index in [2.05, 4.69) is 10.3 Å². The maximum Gasteiger partial charge on any atom is 0.433 e. The van der Waals surface area contributed by atoms with Crippen molar-refractivity contribution in [2.75, 3.05) is 13.1 Å².